The molecule has 0 spiro atoms. The highest BCUT2D eigenvalue weighted by Gasteiger charge is 2.02. The topological polar surface area (TPSA) is 54.8 Å². The molecule has 0 aliphatic heterocycles. The summed E-state index contributed by atoms with van der Waals surface area (Å²) in [4.78, 5) is 0. The van der Waals surface area contributed by atoms with Gasteiger partial charge in [0.15, 0.2) is 5.11 Å². The lowest BCUT2D eigenvalue weighted by Gasteiger charge is -2.08. The Balaban J connectivity index is 1.99. The number of hydrogen-bond acceptors (Lipinski definition) is 3. The van der Waals surface area contributed by atoms with Crippen molar-refractivity contribution in [2.75, 3.05) is 6.54 Å². The van der Waals surface area contributed by atoms with Crippen LogP contribution in [-0.2, 0) is 6.67 Å². The summed E-state index contributed by atoms with van der Waals surface area (Å²) >= 11 is 5.08. The first-order valence-electron chi connectivity index (χ1n) is 5.22. The minimum absolute atomic E-state index is 0.490. The van der Waals surface area contributed by atoms with Gasteiger partial charge in [-0.3, -0.25) is 0 Å². The second-order valence-electron chi connectivity index (χ2n) is 3.41. The predicted molar refractivity (Wildman–Crippen MR) is 71.5 cm³/mol. The maximum Gasteiger partial charge on any atom is 0.167 e. The van der Waals surface area contributed by atoms with Crippen LogP contribution in [0, 0.1) is 0 Å². The van der Waals surface area contributed by atoms with Crippen molar-refractivity contribution in [2.24, 2.45) is 0 Å². The summed E-state index contributed by atoms with van der Waals surface area (Å²) in [6.07, 6.45) is 1.75. The van der Waals surface area contributed by atoms with E-state index in [0.717, 1.165) is 11.0 Å². The second-order valence-corrected chi connectivity index (χ2v) is 3.82. The molecule has 1 aromatic heterocycles. The van der Waals surface area contributed by atoms with Crippen LogP contribution in [0.2, 0.25) is 0 Å². The monoisotopic (exact) mass is 247 g/mol. The zero-order valence-electron chi connectivity index (χ0n) is 9.26. The number of nitrogens with zero attached hydrogens (tertiary/aromatic N) is 3. The summed E-state index contributed by atoms with van der Waals surface area (Å²) in [5, 5.41) is 14.7. The molecule has 0 saturated heterocycles. The molecule has 0 aliphatic carbocycles. The minimum Gasteiger partial charge on any atom is -0.359 e. The molecule has 2 rings (SSSR count). The van der Waals surface area contributed by atoms with E-state index in [1.807, 2.05) is 24.3 Å². The molecule has 6 heteroatoms. The SMILES string of the molecule is C=CCNC(=S)NCn1nnc2ccccc21. The maximum absolute atomic E-state index is 5.08. The van der Waals surface area contributed by atoms with Crippen LogP contribution < -0.4 is 10.6 Å². The van der Waals surface area contributed by atoms with Crippen LogP contribution in [0.25, 0.3) is 11.0 Å². The Hall–Kier alpha value is -1.95. The zero-order valence-corrected chi connectivity index (χ0v) is 10.1. The molecule has 0 radical (unpaired) electrons. The van der Waals surface area contributed by atoms with Crippen LogP contribution in [-0.4, -0.2) is 26.7 Å². The van der Waals surface area contributed by atoms with Crippen molar-refractivity contribution >= 4 is 28.4 Å². The summed E-state index contributed by atoms with van der Waals surface area (Å²) in [5.74, 6) is 0. The molecule has 0 bridgehead atoms. The van der Waals surface area contributed by atoms with Gasteiger partial charge in [-0.15, -0.1) is 11.7 Å². The van der Waals surface area contributed by atoms with E-state index in [2.05, 4.69) is 27.5 Å². The number of nitrogens with one attached hydrogen (secondary N) is 2. The number of fused-ring (bicyclic) bond motifs is 1. The van der Waals surface area contributed by atoms with Gasteiger partial charge in [0, 0.05) is 6.54 Å². The van der Waals surface area contributed by atoms with Gasteiger partial charge in [0.2, 0.25) is 0 Å². The number of hydrogen-bond donors (Lipinski definition) is 2. The van der Waals surface area contributed by atoms with E-state index in [1.165, 1.54) is 0 Å². The molecule has 0 amide bonds. The lowest BCUT2D eigenvalue weighted by molar-refractivity contribution is 0.581. The van der Waals surface area contributed by atoms with Gasteiger partial charge in [-0.25, -0.2) is 4.68 Å². The van der Waals surface area contributed by atoms with E-state index >= 15 is 0 Å². The van der Waals surface area contributed by atoms with Gasteiger partial charge in [-0.2, -0.15) is 0 Å². The van der Waals surface area contributed by atoms with Crippen molar-refractivity contribution in [1.29, 1.82) is 0 Å². The van der Waals surface area contributed by atoms with E-state index in [-0.39, 0.29) is 0 Å². The van der Waals surface area contributed by atoms with Crippen LogP contribution in [0.4, 0.5) is 0 Å². The number of rotatable bonds is 4. The second kappa shape index (κ2) is 5.40. The number of para-hydroxylation sites is 1. The first-order chi connectivity index (χ1) is 8.31. The highest BCUT2D eigenvalue weighted by molar-refractivity contribution is 7.80. The highest BCUT2D eigenvalue weighted by atomic mass is 32.1. The summed E-state index contributed by atoms with van der Waals surface area (Å²) in [6, 6.07) is 7.78. The van der Waals surface area contributed by atoms with Crippen molar-refractivity contribution in [3.05, 3.63) is 36.9 Å². The van der Waals surface area contributed by atoms with Crippen LogP contribution in [0.5, 0.6) is 0 Å². The largest absolute Gasteiger partial charge is 0.359 e. The Bertz CT molecular complexity index is 533. The van der Waals surface area contributed by atoms with E-state index in [0.29, 0.717) is 18.3 Å². The van der Waals surface area contributed by atoms with Crippen LogP contribution in [0.1, 0.15) is 0 Å². The third-order valence-electron chi connectivity index (χ3n) is 2.22. The maximum atomic E-state index is 5.08. The number of aromatic nitrogens is 3. The molecule has 1 aromatic carbocycles. The van der Waals surface area contributed by atoms with E-state index in [4.69, 9.17) is 12.2 Å². The predicted octanol–water partition coefficient (Wildman–Crippen LogP) is 1.04. The number of benzene rings is 1. The van der Waals surface area contributed by atoms with Crippen molar-refractivity contribution < 1.29 is 0 Å². The Morgan fingerprint density at radius 1 is 1.41 bits per heavy atom. The summed E-state index contributed by atoms with van der Waals surface area (Å²) in [6.45, 7) is 4.74. The molecule has 0 aliphatic rings. The van der Waals surface area contributed by atoms with Gasteiger partial charge in [0.05, 0.1) is 5.52 Å². The fraction of sp³-hybridized carbons (Fsp3) is 0.182. The first-order valence-corrected chi connectivity index (χ1v) is 5.63. The first kappa shape index (κ1) is 11.5. The fourth-order valence-electron chi connectivity index (χ4n) is 1.41. The third kappa shape index (κ3) is 2.79. The third-order valence-corrected chi connectivity index (χ3v) is 2.51. The van der Waals surface area contributed by atoms with Gasteiger partial charge in [-0.05, 0) is 24.4 Å². The van der Waals surface area contributed by atoms with Crippen molar-refractivity contribution in [1.82, 2.24) is 25.6 Å². The van der Waals surface area contributed by atoms with Gasteiger partial charge in [0.25, 0.3) is 0 Å². The van der Waals surface area contributed by atoms with Crippen molar-refractivity contribution in [2.45, 2.75) is 6.67 Å². The molecule has 0 atom stereocenters. The Kier molecular flexibility index (Phi) is 3.66. The molecule has 0 fully saturated rings. The molecule has 0 saturated carbocycles. The number of thiocarbonyl (C=S) groups is 1. The van der Waals surface area contributed by atoms with Crippen LogP contribution in [0.3, 0.4) is 0 Å². The molecule has 0 unspecified atom stereocenters. The smallest absolute Gasteiger partial charge is 0.167 e. The average molecular weight is 247 g/mol. The lowest BCUT2D eigenvalue weighted by atomic mass is 10.3. The Morgan fingerprint density at radius 3 is 3.06 bits per heavy atom. The normalized spacial score (nSPS) is 10.1. The molecule has 2 aromatic rings. The standard InChI is InChI=1S/C11H13N5S/c1-2-7-12-11(17)13-8-16-10-6-4-3-5-9(10)14-15-16/h2-6H,1,7-8H2,(H2,12,13,17). The van der Waals surface area contributed by atoms with Gasteiger partial charge in [0.1, 0.15) is 12.2 Å². The quantitative estimate of drug-likeness (QED) is 0.624. The lowest BCUT2D eigenvalue weighted by Crippen LogP contribution is -2.36. The molecular formula is C11H13N5S. The van der Waals surface area contributed by atoms with Crippen LogP contribution in [0.15, 0.2) is 36.9 Å². The summed E-state index contributed by atoms with van der Waals surface area (Å²) in [5.41, 5.74) is 1.85. The molecule has 5 nitrogen and oxygen atoms in total. The van der Waals surface area contributed by atoms with Crippen molar-refractivity contribution in [3.63, 3.8) is 0 Å². The molecule has 1 heterocycles. The zero-order chi connectivity index (χ0) is 12.1. The van der Waals surface area contributed by atoms with E-state index in [9.17, 15) is 0 Å². The van der Waals surface area contributed by atoms with E-state index in [1.54, 1.807) is 10.8 Å². The van der Waals surface area contributed by atoms with Gasteiger partial charge >= 0.3 is 0 Å². The molecule has 2 N–H and O–H groups in total. The van der Waals surface area contributed by atoms with Crippen LogP contribution >= 0.6 is 12.2 Å². The summed E-state index contributed by atoms with van der Waals surface area (Å²) < 4.78 is 1.76. The van der Waals surface area contributed by atoms with Gasteiger partial charge < -0.3 is 10.6 Å². The Morgan fingerprint density at radius 2 is 2.24 bits per heavy atom. The molecule has 88 valence electrons. The van der Waals surface area contributed by atoms with Crippen molar-refractivity contribution in [3.8, 4) is 0 Å². The van der Waals surface area contributed by atoms with E-state index < -0.39 is 0 Å². The fourth-order valence-corrected chi connectivity index (χ4v) is 1.56. The van der Waals surface area contributed by atoms with Gasteiger partial charge in [-0.1, -0.05) is 23.4 Å². The molecular weight excluding hydrogens is 234 g/mol. The molecule has 17 heavy (non-hydrogen) atoms. The minimum atomic E-state index is 0.490. The highest BCUT2D eigenvalue weighted by Crippen LogP contribution is 2.08. The summed E-state index contributed by atoms with van der Waals surface area (Å²) in [7, 11) is 0. The average Bonchev–Trinajstić information content (AvgIpc) is 2.77. The Labute approximate surface area is 105 Å².